The molecule has 13 rings (SSSR count). The Morgan fingerprint density at radius 2 is 0.917 bits per heavy atom. The van der Waals surface area contributed by atoms with Crippen molar-refractivity contribution in [3.05, 3.63) is 343 Å². The Balaban J connectivity index is 0. The summed E-state index contributed by atoms with van der Waals surface area (Å²) in [6.07, 6.45) is 39.7. The van der Waals surface area contributed by atoms with Crippen molar-refractivity contribution in [1.29, 1.82) is 0 Å². The molecule has 132 heavy (non-hydrogen) atoms. The van der Waals surface area contributed by atoms with Crippen molar-refractivity contribution >= 4 is 11.8 Å². The number of fused-ring (bicyclic) bond motifs is 4. The predicted octanol–water partition coefficient (Wildman–Crippen LogP) is 34.7. The van der Waals surface area contributed by atoms with Crippen LogP contribution in [0.3, 0.4) is 0 Å². The monoisotopic (exact) mass is 2380 g/mol. The third-order valence-electron chi connectivity index (χ3n) is 28.1. The summed E-state index contributed by atoms with van der Waals surface area (Å²) in [5, 5.41) is 0. The summed E-state index contributed by atoms with van der Waals surface area (Å²) in [5.74, 6) is 5.63. The van der Waals surface area contributed by atoms with Gasteiger partial charge in [-0.2, -0.15) is 174 Å². The maximum atomic E-state index is 8.24. The first-order chi connectivity index (χ1) is 57.9. The van der Waals surface area contributed by atoms with Crippen LogP contribution in [-0.4, -0.2) is 6.61 Å². The van der Waals surface area contributed by atoms with Crippen LogP contribution in [-0.2, 0) is 347 Å². The summed E-state index contributed by atoms with van der Waals surface area (Å²) in [5.41, 5.74) is 39.3. The molecule has 2 nitrogen and oxygen atoms in total. The average molecular weight is 2380 g/mol. The van der Waals surface area contributed by atoms with Crippen LogP contribution >= 0.6 is 0 Å². The molecule has 0 spiro atoms. The van der Waals surface area contributed by atoms with Gasteiger partial charge in [-0.15, -0.1) is 12.1 Å². The van der Waals surface area contributed by atoms with Gasteiger partial charge >= 0.3 is 0 Å². The molecule has 5 aliphatic carbocycles. The molecule has 1 fully saturated rings. The minimum atomic E-state index is 0. The number of hydrogen-bond acceptors (Lipinski definition) is 1. The van der Waals surface area contributed by atoms with Gasteiger partial charge in [0.1, 0.15) is 5.75 Å². The van der Waals surface area contributed by atoms with Crippen LogP contribution in [0.15, 0.2) is 133 Å². The molecule has 10 heteroatoms. The Bertz CT molecular complexity index is 4470. The van der Waals surface area contributed by atoms with E-state index in [1.807, 2.05) is 12.1 Å². The molecule has 0 atom stereocenters. The second-order valence-corrected chi connectivity index (χ2v) is 44.8. The SMILES string of the molecule is CC(C)(C)c1c[c-]c(C[C-]2CCCCC2)cc1.CC1=CC[C-](c2ccc(C(C)(C)C)cc2[NH-])CC1.C[CH-]CC1(C[CH-]C)CCc2cc(C)c(C(C)(C)C)cc21.[CH2-]CC1(C[CH2-])C=Cc2cc(C)c(C(C)(C)C)cc21.[CH2-]CC1(C[CH2-])CCc2cc(C(C)(C)C)ccc21.[CH2-]CC1(C[CH2-])COc2cc(C(C)(C)C)ccc21.[CH2-]C[C-](C[CH2-])CCc1[c-]ccc(C(C)(C)C)c1.[Y].[Y].[Y].[Y].[Y].[Y].[Y].[Y]. The maximum Gasteiger partial charge on any atom is 0.123 e. The number of benzene rings is 7. The quantitative estimate of drug-likeness (QED) is 0.0623. The van der Waals surface area contributed by atoms with E-state index in [2.05, 4.69) is 382 Å². The molecule has 7 aromatic carbocycles. The summed E-state index contributed by atoms with van der Waals surface area (Å²) in [6.45, 7) is 91.8. The van der Waals surface area contributed by atoms with Crippen LogP contribution in [0.25, 0.3) is 11.8 Å². The van der Waals surface area contributed by atoms with E-state index in [1.54, 1.807) is 17.0 Å². The van der Waals surface area contributed by atoms with Crippen molar-refractivity contribution in [2.45, 2.75) is 400 Å². The van der Waals surface area contributed by atoms with Crippen LogP contribution in [0.4, 0.5) is 5.69 Å². The Labute approximate surface area is 1020 Å². The average Bonchev–Trinajstić information content (AvgIpc) is 1.52. The minimum Gasteiger partial charge on any atom is -0.756 e. The molecule has 0 bridgehead atoms. The van der Waals surface area contributed by atoms with Crippen LogP contribution in [0.1, 0.15) is 407 Å². The largest absolute Gasteiger partial charge is 0.756 e. The second-order valence-electron chi connectivity index (χ2n) is 44.8. The third-order valence-corrected chi connectivity index (χ3v) is 28.1. The van der Waals surface area contributed by atoms with Gasteiger partial charge in [0.2, 0.25) is 0 Å². The molecule has 1 heterocycles. The fourth-order valence-corrected chi connectivity index (χ4v) is 19.2. The molecule has 1 aliphatic heterocycles. The first-order valence-corrected chi connectivity index (χ1v) is 47.8. The zero-order valence-electron chi connectivity index (χ0n) is 88.4. The van der Waals surface area contributed by atoms with E-state index in [9.17, 15) is 0 Å². The fourth-order valence-electron chi connectivity index (χ4n) is 19.2. The molecular weight excluding hydrogens is 2210 g/mol. The van der Waals surface area contributed by atoms with E-state index in [0.717, 1.165) is 108 Å². The molecule has 0 saturated heterocycles. The second kappa shape index (κ2) is 60.6. The van der Waals surface area contributed by atoms with Gasteiger partial charge in [-0.05, 0) is 175 Å². The van der Waals surface area contributed by atoms with E-state index >= 15 is 0 Å². The maximum absolute atomic E-state index is 8.24. The van der Waals surface area contributed by atoms with Gasteiger partial charge in [-0.25, -0.2) is 5.56 Å². The normalized spacial score (nSPS) is 15.8. The number of aryl methyl sites for hydroxylation is 5. The number of nitrogens with one attached hydrogen (secondary N) is 1. The van der Waals surface area contributed by atoms with Gasteiger partial charge in [-0.3, -0.25) is 5.69 Å². The van der Waals surface area contributed by atoms with E-state index in [-0.39, 0.29) is 316 Å². The third kappa shape index (κ3) is 38.2. The summed E-state index contributed by atoms with van der Waals surface area (Å²) in [6, 6.07) is 49.7. The van der Waals surface area contributed by atoms with Crippen molar-refractivity contribution in [3.63, 3.8) is 0 Å². The van der Waals surface area contributed by atoms with Crippen molar-refractivity contribution < 1.29 is 266 Å². The van der Waals surface area contributed by atoms with Crippen molar-refractivity contribution in [2.75, 3.05) is 6.61 Å². The molecule has 0 amide bonds. The van der Waals surface area contributed by atoms with Gasteiger partial charge in [0.15, 0.2) is 0 Å². The smallest absolute Gasteiger partial charge is 0.123 e. The Morgan fingerprint density at radius 3 is 1.38 bits per heavy atom. The van der Waals surface area contributed by atoms with Crippen LogP contribution < -0.4 is 4.74 Å². The molecule has 0 unspecified atom stereocenters. The Morgan fingerprint density at radius 1 is 0.447 bits per heavy atom. The van der Waals surface area contributed by atoms with Crippen molar-refractivity contribution in [1.82, 2.24) is 0 Å². The van der Waals surface area contributed by atoms with Gasteiger partial charge < -0.3 is 103 Å². The van der Waals surface area contributed by atoms with E-state index in [1.165, 1.54) is 177 Å². The summed E-state index contributed by atoms with van der Waals surface area (Å²) >= 11 is 0. The molecule has 710 valence electrons. The predicted molar refractivity (Wildman–Crippen MR) is 546 cm³/mol. The molecule has 1 N–H and O–H groups in total. The topological polar surface area (TPSA) is 33.0 Å². The summed E-state index contributed by atoms with van der Waals surface area (Å²) < 4.78 is 5.85. The number of ether oxygens (including phenoxy) is 1. The first kappa shape index (κ1) is 136. The van der Waals surface area contributed by atoms with Gasteiger partial charge in [0, 0.05) is 262 Å². The van der Waals surface area contributed by atoms with Gasteiger partial charge in [-0.1, -0.05) is 284 Å². The number of allylic oxidation sites excluding steroid dienone is 3. The van der Waals surface area contributed by atoms with Crippen LogP contribution in [0.5, 0.6) is 5.75 Å². The van der Waals surface area contributed by atoms with Gasteiger partial charge in [0.25, 0.3) is 0 Å². The summed E-state index contributed by atoms with van der Waals surface area (Å²) in [7, 11) is 0. The molecule has 7 aromatic rings. The molecule has 0 aromatic heterocycles. The number of rotatable bonds is 18. The standard InChI is InChI=1S/C20H30.C18H24.C17H23N.3C17H24.C16H22O.8Y/c1-7-10-20(11-8-2)12-9-16-13-15(3)17(14-18(16)20)19(4,5)6;1-7-18(8-2)10-9-14-11-13(3)15(12-16(14)18)17(4,5)6;1-12-5-7-13(8-6-12)15-10-9-14(11-16(15)18)17(2,3)4;1-6-17(7-2)11-10-13-12-14(16(3,4)5)8-9-15(13)17;1-17(2,3)16-11-9-15(10-12-16)13-14-7-5-4-6-8-14;1-6-14(7-2)11-12-15-9-8-10-16(13-15)17(3,4)5;1-6-16(7-2)11-17-14-10-12(15(3,4)5)8-9-13(14)16;;;;;;;;/h7-8,13-14H,9-12H2,1-6H3;9-12H,1-2,7-8H2,3-6H3;5,9-11,18H,6-8H2,1-4H3;8-9,12H,1-2,6-7,10-11H2,3-5H3;9,11-12H,4-8,13H2,1-3H3;8,10,13H,1-2,6-7,11-12H2,3-5H3;8-10H,1-2,6-7,11H2,3-5H3;;;;;;;;/q5*-2;-4;-2;;;;;;;;. The molecule has 6 aliphatic rings. The zero-order chi connectivity index (χ0) is 92.4. The minimum absolute atomic E-state index is 0. The summed E-state index contributed by atoms with van der Waals surface area (Å²) in [4.78, 5) is 0. The molecule has 1 saturated carbocycles. The fraction of sp³-hybridized carbons (Fsp3) is 0.516. The van der Waals surface area contributed by atoms with E-state index in [4.69, 9.17) is 10.5 Å². The van der Waals surface area contributed by atoms with E-state index < -0.39 is 0 Å². The van der Waals surface area contributed by atoms with Gasteiger partial charge in [0.05, 0.1) is 6.61 Å². The van der Waals surface area contributed by atoms with Crippen LogP contribution in [0, 0.1) is 112 Å². The van der Waals surface area contributed by atoms with Crippen LogP contribution in [0.2, 0.25) is 0 Å². The van der Waals surface area contributed by atoms with Crippen molar-refractivity contribution in [2.24, 2.45) is 0 Å². The van der Waals surface area contributed by atoms with Crippen molar-refractivity contribution in [3.8, 4) is 5.75 Å². The molecular formula is C122H171NOY8-16. The Hall–Kier alpha value is 2.32. The van der Waals surface area contributed by atoms with E-state index in [0.29, 0.717) is 11.1 Å². The molecule has 8 radical (unpaired) electrons. The first-order valence-electron chi connectivity index (χ1n) is 47.8. The zero-order valence-corrected chi connectivity index (χ0v) is 111. The number of hydrogen-bond donors (Lipinski definition) is 0. The Kier molecular flexibility index (Phi) is 62.6.